The lowest BCUT2D eigenvalue weighted by molar-refractivity contribution is -0.121. The van der Waals surface area contributed by atoms with Gasteiger partial charge in [-0.25, -0.2) is 0 Å². The monoisotopic (exact) mass is 336 g/mol. The van der Waals surface area contributed by atoms with Crippen molar-refractivity contribution in [2.24, 2.45) is 11.8 Å². The van der Waals surface area contributed by atoms with Gasteiger partial charge in [0, 0.05) is 4.47 Å². The van der Waals surface area contributed by atoms with Crippen LogP contribution in [0.2, 0.25) is 0 Å². The van der Waals surface area contributed by atoms with E-state index in [1.807, 2.05) is 20.8 Å². The molecule has 0 saturated carbocycles. The number of carbonyl (C=O) groups is 1. The van der Waals surface area contributed by atoms with Gasteiger partial charge in [0.1, 0.15) is 0 Å². The second kappa shape index (κ2) is 5.94. The molecule has 106 valence electrons. The maximum absolute atomic E-state index is 12.4. The lowest BCUT2D eigenvalue weighted by Crippen LogP contribution is -2.32. The predicted octanol–water partition coefficient (Wildman–Crippen LogP) is 3.32. The molecular formula is C15H17BrN2O2. The van der Waals surface area contributed by atoms with Crippen molar-refractivity contribution in [2.75, 3.05) is 5.32 Å². The standard InChI is InChI=1S/C15H17BrN2O2/c1-8-9(2)20-10(3)14(8)15(19)18-13-5-4-11(7-17)6-12(13)16/h4-6,8-10,14H,1-3H3,(H,18,19). The average Bonchev–Trinajstić information content (AvgIpc) is 2.65. The molecule has 0 spiro atoms. The Bertz CT molecular complexity index is 567. The van der Waals surface area contributed by atoms with E-state index in [1.165, 1.54) is 0 Å². The number of carbonyl (C=O) groups excluding carboxylic acids is 1. The maximum atomic E-state index is 12.4. The molecule has 4 nitrogen and oxygen atoms in total. The van der Waals surface area contributed by atoms with Crippen LogP contribution in [0.15, 0.2) is 22.7 Å². The Labute approximate surface area is 127 Å². The lowest BCUT2D eigenvalue weighted by atomic mass is 9.89. The summed E-state index contributed by atoms with van der Waals surface area (Å²) in [5, 5.41) is 11.7. The van der Waals surface area contributed by atoms with Crippen LogP contribution in [-0.4, -0.2) is 18.1 Å². The lowest BCUT2D eigenvalue weighted by Gasteiger charge is -2.18. The first kappa shape index (κ1) is 15.0. The molecule has 1 N–H and O–H groups in total. The van der Waals surface area contributed by atoms with Gasteiger partial charge in [-0.2, -0.15) is 5.26 Å². The van der Waals surface area contributed by atoms with E-state index in [1.54, 1.807) is 18.2 Å². The van der Waals surface area contributed by atoms with E-state index < -0.39 is 0 Å². The summed E-state index contributed by atoms with van der Waals surface area (Å²) in [6, 6.07) is 7.16. The molecule has 4 unspecified atom stereocenters. The number of amides is 1. The van der Waals surface area contributed by atoms with Crippen LogP contribution in [-0.2, 0) is 9.53 Å². The van der Waals surface area contributed by atoms with E-state index in [9.17, 15) is 4.79 Å². The van der Waals surface area contributed by atoms with Crippen LogP contribution < -0.4 is 5.32 Å². The third-order valence-electron chi connectivity index (χ3n) is 3.90. The summed E-state index contributed by atoms with van der Waals surface area (Å²) < 4.78 is 6.40. The van der Waals surface area contributed by atoms with Crippen LogP contribution in [0.4, 0.5) is 5.69 Å². The normalized spacial score (nSPS) is 28.9. The van der Waals surface area contributed by atoms with E-state index >= 15 is 0 Å². The number of nitrogens with zero attached hydrogens (tertiary/aromatic N) is 1. The average molecular weight is 337 g/mol. The molecule has 1 amide bonds. The molecule has 4 atom stereocenters. The number of halogens is 1. The number of nitriles is 1. The van der Waals surface area contributed by atoms with Crippen molar-refractivity contribution in [1.82, 2.24) is 0 Å². The first-order valence-electron chi connectivity index (χ1n) is 6.60. The van der Waals surface area contributed by atoms with Gasteiger partial charge < -0.3 is 10.1 Å². The van der Waals surface area contributed by atoms with Gasteiger partial charge in [-0.05, 0) is 53.9 Å². The number of hydrogen-bond acceptors (Lipinski definition) is 3. The van der Waals surface area contributed by atoms with Crippen molar-refractivity contribution in [3.63, 3.8) is 0 Å². The zero-order valence-corrected chi connectivity index (χ0v) is 13.3. The number of benzene rings is 1. The Balaban J connectivity index is 2.14. The third kappa shape index (κ3) is 2.87. The molecule has 1 aliphatic heterocycles. The van der Waals surface area contributed by atoms with E-state index in [-0.39, 0.29) is 30.0 Å². The summed E-state index contributed by atoms with van der Waals surface area (Å²) >= 11 is 3.37. The Kier molecular flexibility index (Phi) is 4.46. The molecule has 5 heteroatoms. The number of anilines is 1. The first-order valence-corrected chi connectivity index (χ1v) is 7.39. The molecule has 1 saturated heterocycles. The molecule has 0 aromatic heterocycles. The van der Waals surface area contributed by atoms with E-state index in [4.69, 9.17) is 10.00 Å². The summed E-state index contributed by atoms with van der Waals surface area (Å²) in [6.07, 6.45) is 0.00214. The number of rotatable bonds is 2. The van der Waals surface area contributed by atoms with Gasteiger partial charge in [-0.1, -0.05) is 6.92 Å². The fourth-order valence-corrected chi connectivity index (χ4v) is 3.10. The summed E-state index contributed by atoms with van der Waals surface area (Å²) in [5.41, 5.74) is 1.22. The molecule has 1 aromatic carbocycles. The molecule has 1 aromatic rings. The highest BCUT2D eigenvalue weighted by Crippen LogP contribution is 2.33. The smallest absolute Gasteiger partial charge is 0.230 e. The fraction of sp³-hybridized carbons (Fsp3) is 0.467. The van der Waals surface area contributed by atoms with Crippen LogP contribution in [0.25, 0.3) is 0 Å². The van der Waals surface area contributed by atoms with Gasteiger partial charge >= 0.3 is 0 Å². The highest BCUT2D eigenvalue weighted by molar-refractivity contribution is 9.10. The van der Waals surface area contributed by atoms with E-state index in [2.05, 4.69) is 27.3 Å². The van der Waals surface area contributed by atoms with Crippen molar-refractivity contribution < 1.29 is 9.53 Å². The summed E-state index contributed by atoms with van der Waals surface area (Å²) in [5.74, 6) is -0.0190. The molecule has 1 heterocycles. The first-order chi connectivity index (χ1) is 9.43. The summed E-state index contributed by atoms with van der Waals surface area (Å²) in [4.78, 5) is 12.4. The highest BCUT2D eigenvalue weighted by Gasteiger charge is 2.41. The molecule has 20 heavy (non-hydrogen) atoms. The second-order valence-corrected chi connectivity index (χ2v) is 6.08. The minimum atomic E-state index is -0.160. The van der Waals surface area contributed by atoms with Gasteiger partial charge in [-0.15, -0.1) is 0 Å². The van der Waals surface area contributed by atoms with Crippen LogP contribution in [0, 0.1) is 23.2 Å². The molecule has 0 radical (unpaired) electrons. The fourth-order valence-electron chi connectivity index (χ4n) is 2.62. The van der Waals surface area contributed by atoms with Gasteiger partial charge in [-0.3, -0.25) is 4.79 Å². The van der Waals surface area contributed by atoms with Crippen LogP contribution >= 0.6 is 15.9 Å². The zero-order valence-electron chi connectivity index (χ0n) is 11.7. The number of ether oxygens (including phenoxy) is 1. The quantitative estimate of drug-likeness (QED) is 0.900. The Morgan fingerprint density at radius 2 is 2.05 bits per heavy atom. The zero-order chi connectivity index (χ0) is 14.9. The van der Waals surface area contributed by atoms with Gasteiger partial charge in [0.05, 0.1) is 35.4 Å². The molecule has 2 rings (SSSR count). The Hall–Kier alpha value is -1.38. The summed E-state index contributed by atoms with van der Waals surface area (Å²) in [6.45, 7) is 5.95. The molecular weight excluding hydrogens is 320 g/mol. The van der Waals surface area contributed by atoms with Gasteiger partial charge in [0.25, 0.3) is 0 Å². The van der Waals surface area contributed by atoms with Crippen molar-refractivity contribution in [2.45, 2.75) is 33.0 Å². The molecule has 0 bridgehead atoms. The van der Waals surface area contributed by atoms with Crippen molar-refractivity contribution in [1.29, 1.82) is 5.26 Å². The van der Waals surface area contributed by atoms with Gasteiger partial charge in [0.15, 0.2) is 0 Å². The predicted molar refractivity (Wildman–Crippen MR) is 80.1 cm³/mol. The molecule has 0 aliphatic carbocycles. The molecule has 1 fully saturated rings. The highest BCUT2D eigenvalue weighted by atomic mass is 79.9. The third-order valence-corrected chi connectivity index (χ3v) is 4.56. The van der Waals surface area contributed by atoms with E-state index in [0.717, 1.165) is 0 Å². The van der Waals surface area contributed by atoms with Crippen molar-refractivity contribution in [3.8, 4) is 6.07 Å². The van der Waals surface area contributed by atoms with Crippen LogP contribution in [0.5, 0.6) is 0 Å². The summed E-state index contributed by atoms with van der Waals surface area (Å²) in [7, 11) is 0. The van der Waals surface area contributed by atoms with Crippen LogP contribution in [0.3, 0.4) is 0 Å². The maximum Gasteiger partial charge on any atom is 0.230 e. The SMILES string of the molecule is CC1OC(C)C(C(=O)Nc2ccc(C#N)cc2Br)C1C. The van der Waals surface area contributed by atoms with Crippen LogP contribution in [0.1, 0.15) is 26.3 Å². The number of hydrogen-bond donors (Lipinski definition) is 1. The van der Waals surface area contributed by atoms with E-state index in [0.29, 0.717) is 15.7 Å². The number of nitrogens with one attached hydrogen (secondary N) is 1. The van der Waals surface area contributed by atoms with Crippen molar-refractivity contribution >= 4 is 27.5 Å². The van der Waals surface area contributed by atoms with Gasteiger partial charge in [0.2, 0.25) is 5.91 Å². The molecule has 1 aliphatic rings. The topological polar surface area (TPSA) is 62.1 Å². The second-order valence-electron chi connectivity index (χ2n) is 5.23. The van der Waals surface area contributed by atoms with Crippen molar-refractivity contribution in [3.05, 3.63) is 28.2 Å². The minimum Gasteiger partial charge on any atom is -0.374 e. The Morgan fingerprint density at radius 3 is 2.55 bits per heavy atom. The Morgan fingerprint density at radius 1 is 1.35 bits per heavy atom. The largest absolute Gasteiger partial charge is 0.374 e. The minimum absolute atomic E-state index is 0.0419.